The molecule has 0 saturated heterocycles. The van der Waals surface area contributed by atoms with Gasteiger partial charge in [-0.05, 0) is 28.9 Å². The van der Waals surface area contributed by atoms with Crippen LogP contribution < -0.4 is 0 Å². The zero-order chi connectivity index (χ0) is 10.3. The Morgan fingerprint density at radius 2 is 1.54 bits per heavy atom. The minimum absolute atomic E-state index is 0.270. The summed E-state index contributed by atoms with van der Waals surface area (Å²) in [7, 11) is 0. The average molecular weight is 177 g/mol. The number of hydrogen-bond donors (Lipinski definition) is 0. The summed E-state index contributed by atoms with van der Waals surface area (Å²) in [6, 6.07) is 0. The molecule has 0 fully saturated rings. The van der Waals surface area contributed by atoms with Gasteiger partial charge in [0.25, 0.3) is 0 Å². The molecule has 0 N–H and O–H groups in total. The SMILES string of the molecule is CC(C)(C)C1=C(C(C)(C)C)C[C]=C1. The quantitative estimate of drug-likeness (QED) is 0.521. The van der Waals surface area contributed by atoms with Crippen molar-refractivity contribution >= 4 is 0 Å². The number of allylic oxidation sites excluding steroid dienone is 4. The minimum Gasteiger partial charge on any atom is -0.0567 e. The van der Waals surface area contributed by atoms with Gasteiger partial charge in [0, 0.05) is 0 Å². The van der Waals surface area contributed by atoms with Gasteiger partial charge in [0.1, 0.15) is 0 Å². The van der Waals surface area contributed by atoms with Gasteiger partial charge in [0.05, 0.1) is 0 Å². The molecule has 0 aromatic heterocycles. The first-order valence-electron chi connectivity index (χ1n) is 5.03. The molecule has 0 spiro atoms. The molecule has 1 rings (SSSR count). The Bertz CT molecular complexity index is 251. The highest BCUT2D eigenvalue weighted by Gasteiger charge is 2.28. The molecule has 0 nitrogen and oxygen atoms in total. The Hall–Kier alpha value is -0.520. The monoisotopic (exact) mass is 177 g/mol. The normalized spacial score (nSPS) is 18.6. The van der Waals surface area contributed by atoms with Crippen molar-refractivity contribution in [2.45, 2.75) is 48.0 Å². The van der Waals surface area contributed by atoms with Crippen molar-refractivity contribution in [2.75, 3.05) is 0 Å². The Morgan fingerprint density at radius 3 is 1.85 bits per heavy atom. The summed E-state index contributed by atoms with van der Waals surface area (Å²) in [5, 5.41) is 0. The first kappa shape index (κ1) is 10.6. The van der Waals surface area contributed by atoms with E-state index in [4.69, 9.17) is 0 Å². The van der Waals surface area contributed by atoms with Crippen molar-refractivity contribution in [3.63, 3.8) is 0 Å². The molecule has 0 aromatic rings. The number of rotatable bonds is 0. The Balaban J connectivity index is 3.10. The van der Waals surface area contributed by atoms with Crippen LogP contribution in [-0.4, -0.2) is 0 Å². The second-order valence-electron chi connectivity index (χ2n) is 5.92. The lowest BCUT2D eigenvalue weighted by Gasteiger charge is -2.28. The largest absolute Gasteiger partial charge is 0.0567 e. The minimum atomic E-state index is 0.270. The lowest BCUT2D eigenvalue weighted by Crippen LogP contribution is -2.16. The molecule has 0 unspecified atom stereocenters. The molecule has 0 amide bonds. The van der Waals surface area contributed by atoms with E-state index in [1.165, 1.54) is 5.57 Å². The van der Waals surface area contributed by atoms with Crippen LogP contribution in [0.15, 0.2) is 17.2 Å². The highest BCUT2D eigenvalue weighted by molar-refractivity contribution is 5.38. The van der Waals surface area contributed by atoms with E-state index in [9.17, 15) is 0 Å². The van der Waals surface area contributed by atoms with Gasteiger partial charge in [-0.15, -0.1) is 0 Å². The van der Waals surface area contributed by atoms with E-state index < -0.39 is 0 Å². The zero-order valence-corrected chi connectivity index (χ0v) is 9.78. The molecule has 0 bridgehead atoms. The second kappa shape index (κ2) is 3.01. The van der Waals surface area contributed by atoms with E-state index in [1.54, 1.807) is 5.57 Å². The molecule has 0 heterocycles. The third kappa shape index (κ3) is 2.24. The van der Waals surface area contributed by atoms with E-state index >= 15 is 0 Å². The van der Waals surface area contributed by atoms with E-state index in [0.29, 0.717) is 5.41 Å². The van der Waals surface area contributed by atoms with Gasteiger partial charge < -0.3 is 0 Å². The average Bonchev–Trinajstić information content (AvgIpc) is 2.27. The van der Waals surface area contributed by atoms with E-state index in [-0.39, 0.29) is 5.41 Å². The number of hydrogen-bond acceptors (Lipinski definition) is 0. The molecule has 0 saturated carbocycles. The maximum atomic E-state index is 3.34. The van der Waals surface area contributed by atoms with Gasteiger partial charge in [0.15, 0.2) is 0 Å². The predicted molar refractivity (Wildman–Crippen MR) is 58.4 cm³/mol. The molecule has 0 aliphatic heterocycles. The summed E-state index contributed by atoms with van der Waals surface area (Å²) in [5.41, 5.74) is 3.61. The molecule has 13 heavy (non-hydrogen) atoms. The smallest absolute Gasteiger partial charge is 0.00529 e. The van der Waals surface area contributed by atoms with Crippen molar-refractivity contribution in [2.24, 2.45) is 10.8 Å². The lowest BCUT2D eigenvalue weighted by atomic mass is 9.76. The Labute approximate surface area is 82.7 Å². The lowest BCUT2D eigenvalue weighted by molar-refractivity contribution is 0.452. The molecule has 0 heteroatoms. The van der Waals surface area contributed by atoms with Gasteiger partial charge >= 0.3 is 0 Å². The third-order valence-corrected chi connectivity index (χ3v) is 2.56. The van der Waals surface area contributed by atoms with Gasteiger partial charge in [-0.3, -0.25) is 0 Å². The van der Waals surface area contributed by atoms with Gasteiger partial charge in [0.2, 0.25) is 0 Å². The topological polar surface area (TPSA) is 0 Å². The first-order valence-corrected chi connectivity index (χ1v) is 5.03. The molecular weight excluding hydrogens is 156 g/mol. The summed E-state index contributed by atoms with van der Waals surface area (Å²) in [6.07, 6.45) is 6.54. The third-order valence-electron chi connectivity index (χ3n) is 2.56. The van der Waals surface area contributed by atoms with Gasteiger partial charge in [-0.1, -0.05) is 53.2 Å². The van der Waals surface area contributed by atoms with Gasteiger partial charge in [-0.2, -0.15) is 0 Å². The fourth-order valence-corrected chi connectivity index (χ4v) is 1.78. The molecule has 73 valence electrons. The van der Waals surface area contributed by atoms with Crippen LogP contribution in [0.25, 0.3) is 0 Å². The van der Waals surface area contributed by atoms with E-state index in [1.807, 2.05) is 0 Å². The molecular formula is C13H21. The summed E-state index contributed by atoms with van der Waals surface area (Å²) in [6.45, 7) is 13.7. The standard InChI is InChI=1S/C13H21/c1-12(2,3)10-8-7-9-11(10)13(4,5)6/h8H,9H2,1-6H3. The zero-order valence-electron chi connectivity index (χ0n) is 9.78. The van der Waals surface area contributed by atoms with Crippen LogP contribution in [0.5, 0.6) is 0 Å². The maximum absolute atomic E-state index is 3.34. The fourth-order valence-electron chi connectivity index (χ4n) is 1.78. The van der Waals surface area contributed by atoms with Crippen LogP contribution in [-0.2, 0) is 0 Å². The van der Waals surface area contributed by atoms with Crippen molar-refractivity contribution in [3.05, 3.63) is 23.3 Å². The second-order valence-corrected chi connectivity index (χ2v) is 5.92. The van der Waals surface area contributed by atoms with Crippen LogP contribution in [0.1, 0.15) is 48.0 Å². The fraction of sp³-hybridized carbons (Fsp3) is 0.692. The van der Waals surface area contributed by atoms with Crippen LogP contribution in [0.2, 0.25) is 0 Å². The molecule has 1 aliphatic carbocycles. The molecule has 1 aliphatic rings. The van der Waals surface area contributed by atoms with Crippen molar-refractivity contribution in [1.29, 1.82) is 0 Å². The highest BCUT2D eigenvalue weighted by atomic mass is 14.3. The van der Waals surface area contributed by atoms with Crippen LogP contribution in [0.4, 0.5) is 0 Å². The molecule has 1 radical (unpaired) electrons. The van der Waals surface area contributed by atoms with Crippen LogP contribution >= 0.6 is 0 Å². The van der Waals surface area contributed by atoms with E-state index in [2.05, 4.69) is 53.7 Å². The van der Waals surface area contributed by atoms with Crippen molar-refractivity contribution in [1.82, 2.24) is 0 Å². The predicted octanol–water partition coefficient (Wildman–Crippen LogP) is 4.14. The van der Waals surface area contributed by atoms with E-state index in [0.717, 1.165) is 6.42 Å². The van der Waals surface area contributed by atoms with Crippen molar-refractivity contribution < 1.29 is 0 Å². The maximum Gasteiger partial charge on any atom is -0.00529 e. The summed E-state index contributed by atoms with van der Waals surface area (Å²) >= 11 is 0. The Kier molecular flexibility index (Phi) is 2.44. The summed E-state index contributed by atoms with van der Waals surface area (Å²) < 4.78 is 0. The van der Waals surface area contributed by atoms with Crippen LogP contribution in [0, 0.1) is 16.9 Å². The summed E-state index contributed by atoms with van der Waals surface area (Å²) in [5.74, 6) is 0. The molecule has 0 atom stereocenters. The van der Waals surface area contributed by atoms with Crippen LogP contribution in [0.3, 0.4) is 0 Å². The Morgan fingerprint density at radius 1 is 1.00 bits per heavy atom. The first-order chi connectivity index (χ1) is 5.73. The highest BCUT2D eigenvalue weighted by Crippen LogP contribution is 2.41. The molecule has 0 aromatic carbocycles. The summed E-state index contributed by atoms with van der Waals surface area (Å²) in [4.78, 5) is 0. The van der Waals surface area contributed by atoms with Gasteiger partial charge in [-0.25, -0.2) is 0 Å². The van der Waals surface area contributed by atoms with Crippen molar-refractivity contribution in [3.8, 4) is 0 Å².